The third-order valence-electron chi connectivity index (χ3n) is 3.34. The van der Waals surface area contributed by atoms with Crippen LogP contribution in [0.15, 0.2) is 24.3 Å². The number of nitrogens with zero attached hydrogens (tertiary/aromatic N) is 1. The quantitative estimate of drug-likeness (QED) is 0.855. The summed E-state index contributed by atoms with van der Waals surface area (Å²) < 4.78 is 5.66. The molecule has 0 atom stereocenters. The van der Waals surface area contributed by atoms with Crippen LogP contribution < -0.4 is 10.5 Å². The second-order valence-corrected chi connectivity index (χ2v) is 5.00. The van der Waals surface area contributed by atoms with Gasteiger partial charge in [0.2, 0.25) is 5.91 Å². The number of hydrogen-bond acceptors (Lipinski definition) is 3. The summed E-state index contributed by atoms with van der Waals surface area (Å²) in [6.07, 6.45) is 1.60. The third-order valence-corrected chi connectivity index (χ3v) is 3.34. The topological polar surface area (TPSA) is 55.6 Å². The van der Waals surface area contributed by atoms with E-state index in [1.807, 2.05) is 31.2 Å². The number of benzene rings is 1. The summed E-state index contributed by atoms with van der Waals surface area (Å²) >= 11 is 0. The molecule has 98 valence electrons. The molecule has 1 aliphatic carbocycles. The molecule has 1 aromatic carbocycles. The van der Waals surface area contributed by atoms with Crippen molar-refractivity contribution in [3.05, 3.63) is 29.8 Å². The van der Waals surface area contributed by atoms with Crippen LogP contribution in [0.5, 0.6) is 5.75 Å². The van der Waals surface area contributed by atoms with E-state index < -0.39 is 5.54 Å². The van der Waals surface area contributed by atoms with Gasteiger partial charge in [0.15, 0.2) is 0 Å². The van der Waals surface area contributed by atoms with E-state index in [0.29, 0.717) is 13.2 Å². The number of amides is 1. The molecule has 0 unspecified atom stereocenters. The van der Waals surface area contributed by atoms with Crippen LogP contribution >= 0.6 is 0 Å². The van der Waals surface area contributed by atoms with Gasteiger partial charge in [0.05, 0.1) is 12.1 Å². The van der Waals surface area contributed by atoms with Crippen molar-refractivity contribution in [2.24, 2.45) is 5.73 Å². The van der Waals surface area contributed by atoms with Crippen molar-refractivity contribution in [2.45, 2.75) is 25.3 Å². The molecule has 0 saturated heterocycles. The zero-order valence-electron chi connectivity index (χ0n) is 11.0. The lowest BCUT2D eigenvalue weighted by atomic mass is 10.2. The highest BCUT2D eigenvalue weighted by molar-refractivity contribution is 5.88. The fourth-order valence-electron chi connectivity index (χ4n) is 1.84. The first-order valence-corrected chi connectivity index (χ1v) is 6.26. The fourth-order valence-corrected chi connectivity index (χ4v) is 1.84. The molecule has 2 N–H and O–H groups in total. The van der Waals surface area contributed by atoms with Crippen molar-refractivity contribution in [3.63, 3.8) is 0 Å². The average Bonchev–Trinajstić information content (AvgIpc) is 3.10. The van der Waals surface area contributed by atoms with E-state index in [1.54, 1.807) is 11.9 Å². The van der Waals surface area contributed by atoms with E-state index in [9.17, 15) is 4.79 Å². The van der Waals surface area contributed by atoms with Gasteiger partial charge in [-0.3, -0.25) is 4.79 Å². The monoisotopic (exact) mass is 248 g/mol. The predicted molar refractivity (Wildman–Crippen MR) is 70.5 cm³/mol. The molecule has 1 aromatic rings. The van der Waals surface area contributed by atoms with E-state index in [4.69, 9.17) is 10.5 Å². The Bertz CT molecular complexity index is 441. The average molecular weight is 248 g/mol. The smallest absolute Gasteiger partial charge is 0.242 e. The molecule has 4 heteroatoms. The van der Waals surface area contributed by atoms with Crippen molar-refractivity contribution in [3.8, 4) is 5.75 Å². The Morgan fingerprint density at radius 1 is 1.44 bits per heavy atom. The van der Waals surface area contributed by atoms with Gasteiger partial charge in [-0.1, -0.05) is 18.2 Å². The molecule has 1 aliphatic rings. The standard InChI is InChI=1S/C14H20N2O2/c1-11-5-3-4-6-12(11)18-10-9-16(2)13(17)14(15)7-8-14/h3-6H,7-10,15H2,1-2H3. The second-order valence-electron chi connectivity index (χ2n) is 5.00. The lowest BCUT2D eigenvalue weighted by molar-refractivity contribution is -0.132. The van der Waals surface area contributed by atoms with E-state index >= 15 is 0 Å². The second kappa shape index (κ2) is 4.98. The summed E-state index contributed by atoms with van der Waals surface area (Å²) in [5.74, 6) is 0.892. The number of rotatable bonds is 5. The van der Waals surface area contributed by atoms with Crippen LogP contribution in [-0.2, 0) is 4.79 Å². The normalized spacial score (nSPS) is 16.2. The van der Waals surface area contributed by atoms with Gasteiger partial charge in [-0.15, -0.1) is 0 Å². The van der Waals surface area contributed by atoms with Crippen LogP contribution in [0.25, 0.3) is 0 Å². The van der Waals surface area contributed by atoms with Crippen LogP contribution in [0.1, 0.15) is 18.4 Å². The van der Waals surface area contributed by atoms with E-state index in [2.05, 4.69) is 0 Å². The van der Waals surface area contributed by atoms with Crippen molar-refractivity contribution in [1.82, 2.24) is 4.90 Å². The maximum Gasteiger partial charge on any atom is 0.242 e. The Kier molecular flexibility index (Phi) is 3.57. The van der Waals surface area contributed by atoms with Crippen molar-refractivity contribution < 1.29 is 9.53 Å². The lowest BCUT2D eigenvalue weighted by Crippen LogP contribution is -2.45. The summed E-state index contributed by atoms with van der Waals surface area (Å²) in [7, 11) is 1.77. The number of para-hydroxylation sites is 1. The molecule has 0 radical (unpaired) electrons. The molecule has 0 heterocycles. The highest BCUT2D eigenvalue weighted by Crippen LogP contribution is 2.33. The zero-order valence-corrected chi connectivity index (χ0v) is 11.0. The molecule has 0 spiro atoms. The lowest BCUT2D eigenvalue weighted by Gasteiger charge is -2.21. The molecule has 1 amide bonds. The molecule has 1 fully saturated rings. The van der Waals surface area contributed by atoms with Gasteiger partial charge < -0.3 is 15.4 Å². The molecule has 0 aliphatic heterocycles. The molecule has 2 rings (SSSR count). The van der Waals surface area contributed by atoms with Crippen LogP contribution in [-0.4, -0.2) is 36.5 Å². The van der Waals surface area contributed by atoms with Crippen LogP contribution in [0.3, 0.4) is 0 Å². The van der Waals surface area contributed by atoms with E-state index in [0.717, 1.165) is 24.2 Å². The Morgan fingerprint density at radius 3 is 2.72 bits per heavy atom. The maximum absolute atomic E-state index is 11.9. The van der Waals surface area contributed by atoms with Gasteiger partial charge in [-0.25, -0.2) is 0 Å². The Labute approximate surface area is 108 Å². The number of carbonyl (C=O) groups excluding carboxylic acids is 1. The number of likely N-dealkylation sites (N-methyl/N-ethyl adjacent to an activating group) is 1. The van der Waals surface area contributed by atoms with Crippen molar-refractivity contribution >= 4 is 5.91 Å². The van der Waals surface area contributed by atoms with Gasteiger partial charge in [0.1, 0.15) is 12.4 Å². The Balaban J connectivity index is 1.79. The van der Waals surface area contributed by atoms with Gasteiger partial charge >= 0.3 is 0 Å². The minimum Gasteiger partial charge on any atom is -0.491 e. The summed E-state index contributed by atoms with van der Waals surface area (Å²) in [6, 6.07) is 7.85. The molecule has 4 nitrogen and oxygen atoms in total. The zero-order chi connectivity index (χ0) is 13.2. The number of aryl methyl sites for hydroxylation is 1. The molecule has 0 bridgehead atoms. The van der Waals surface area contributed by atoms with Gasteiger partial charge in [-0.05, 0) is 31.4 Å². The van der Waals surface area contributed by atoms with Gasteiger partial charge in [-0.2, -0.15) is 0 Å². The number of nitrogens with two attached hydrogens (primary N) is 1. The number of ether oxygens (including phenoxy) is 1. The largest absolute Gasteiger partial charge is 0.491 e. The number of carbonyl (C=O) groups is 1. The summed E-state index contributed by atoms with van der Waals surface area (Å²) in [5, 5.41) is 0. The van der Waals surface area contributed by atoms with Gasteiger partial charge in [0, 0.05) is 7.05 Å². The molecular formula is C14H20N2O2. The third kappa shape index (κ3) is 2.82. The highest BCUT2D eigenvalue weighted by atomic mass is 16.5. The minimum atomic E-state index is -0.586. The summed E-state index contributed by atoms with van der Waals surface area (Å²) in [4.78, 5) is 13.5. The SMILES string of the molecule is Cc1ccccc1OCCN(C)C(=O)C1(N)CC1. The maximum atomic E-state index is 11.9. The molecule has 1 saturated carbocycles. The first-order chi connectivity index (χ1) is 8.53. The van der Waals surface area contributed by atoms with Crippen molar-refractivity contribution in [2.75, 3.05) is 20.2 Å². The van der Waals surface area contributed by atoms with E-state index in [1.165, 1.54) is 0 Å². The molecular weight excluding hydrogens is 228 g/mol. The first kappa shape index (κ1) is 12.9. The highest BCUT2D eigenvalue weighted by Gasteiger charge is 2.47. The first-order valence-electron chi connectivity index (χ1n) is 6.26. The Morgan fingerprint density at radius 2 is 2.11 bits per heavy atom. The van der Waals surface area contributed by atoms with Crippen molar-refractivity contribution in [1.29, 1.82) is 0 Å². The Hall–Kier alpha value is -1.55. The summed E-state index contributed by atoms with van der Waals surface area (Å²) in [6.45, 7) is 3.05. The number of hydrogen-bond donors (Lipinski definition) is 1. The van der Waals surface area contributed by atoms with Crippen LogP contribution in [0.2, 0.25) is 0 Å². The summed E-state index contributed by atoms with van der Waals surface area (Å²) in [5.41, 5.74) is 6.38. The van der Waals surface area contributed by atoms with Gasteiger partial charge in [0.25, 0.3) is 0 Å². The van der Waals surface area contributed by atoms with Crippen LogP contribution in [0.4, 0.5) is 0 Å². The molecule has 0 aromatic heterocycles. The van der Waals surface area contributed by atoms with Crippen LogP contribution in [0, 0.1) is 6.92 Å². The van der Waals surface area contributed by atoms with E-state index in [-0.39, 0.29) is 5.91 Å². The minimum absolute atomic E-state index is 0.0240. The fraction of sp³-hybridized carbons (Fsp3) is 0.500. The predicted octanol–water partition coefficient (Wildman–Crippen LogP) is 1.32. The molecule has 18 heavy (non-hydrogen) atoms.